The van der Waals surface area contributed by atoms with Crippen LogP contribution in [0.2, 0.25) is 0 Å². The first-order valence-electron chi connectivity index (χ1n) is 8.70. The fourth-order valence-electron chi connectivity index (χ4n) is 3.20. The maximum atomic E-state index is 13.2. The van der Waals surface area contributed by atoms with Crippen LogP contribution in [-0.2, 0) is 11.3 Å². The van der Waals surface area contributed by atoms with Gasteiger partial charge in [0.2, 0.25) is 5.91 Å². The minimum absolute atomic E-state index is 0.0465. The first-order valence-corrected chi connectivity index (χ1v) is 8.70. The highest BCUT2D eigenvalue weighted by molar-refractivity contribution is 5.86. The van der Waals surface area contributed by atoms with Gasteiger partial charge in [0.15, 0.2) is 0 Å². The molecule has 0 saturated carbocycles. The zero-order valence-corrected chi connectivity index (χ0v) is 14.9. The average Bonchev–Trinajstić information content (AvgIpc) is 3.08. The molecule has 2 aromatic rings. The normalized spacial score (nSPS) is 16.5. The molecule has 1 fully saturated rings. The maximum absolute atomic E-state index is 13.2. The number of carbonyl (C=O) groups is 1. The second-order valence-corrected chi connectivity index (χ2v) is 6.44. The van der Waals surface area contributed by atoms with E-state index in [0.29, 0.717) is 32.1 Å². The number of alkyl halides is 2. The number of benzene rings is 2. The molecule has 2 aromatic carbocycles. The van der Waals surface area contributed by atoms with Crippen molar-refractivity contribution in [2.24, 2.45) is 0 Å². The molecular formula is C20H19F3N3O2+. The number of nitrogens with zero attached hydrogens (tertiary/aromatic N) is 2. The first kappa shape index (κ1) is 19.6. The van der Waals surface area contributed by atoms with Crippen molar-refractivity contribution in [3.05, 3.63) is 77.0 Å². The van der Waals surface area contributed by atoms with Gasteiger partial charge in [-0.2, -0.15) is 8.78 Å². The molecule has 1 saturated heterocycles. The van der Waals surface area contributed by atoms with Gasteiger partial charge in [0, 0.05) is 18.5 Å². The van der Waals surface area contributed by atoms with Gasteiger partial charge in [0.1, 0.15) is 10.7 Å². The molecule has 0 bridgehead atoms. The predicted molar refractivity (Wildman–Crippen MR) is 97.6 cm³/mol. The SMILES string of the molecule is C=CC(=O)NCc1cc(-c2ccc(F)cc2)cc(C2CCN(C(F)F)[N+]2=O)c1. The minimum atomic E-state index is -2.87. The number of carbonyl (C=O) groups excluding carboxylic acids is 1. The number of hydrazine groups is 1. The van der Waals surface area contributed by atoms with Gasteiger partial charge in [0.05, 0.1) is 11.5 Å². The van der Waals surface area contributed by atoms with Crippen LogP contribution >= 0.6 is 0 Å². The summed E-state index contributed by atoms with van der Waals surface area (Å²) in [5.74, 6) is -0.739. The van der Waals surface area contributed by atoms with Crippen molar-refractivity contribution in [1.29, 1.82) is 0 Å². The molecule has 1 heterocycles. The lowest BCUT2D eigenvalue weighted by molar-refractivity contribution is -0.734. The molecule has 146 valence electrons. The number of nitrogens with one attached hydrogen (secondary N) is 1. The third-order valence-corrected chi connectivity index (χ3v) is 4.61. The maximum Gasteiger partial charge on any atom is 0.362 e. The van der Waals surface area contributed by atoms with Crippen molar-refractivity contribution in [1.82, 2.24) is 10.3 Å². The number of nitroso groups, excluding NO2 is 1. The topological polar surface area (TPSA) is 52.4 Å². The number of rotatable bonds is 6. The molecule has 0 radical (unpaired) electrons. The van der Waals surface area contributed by atoms with Crippen LogP contribution in [0, 0.1) is 10.7 Å². The number of hydrogen-bond donors (Lipinski definition) is 1. The van der Waals surface area contributed by atoms with Crippen LogP contribution in [0.1, 0.15) is 23.6 Å². The van der Waals surface area contributed by atoms with Crippen LogP contribution in [0.25, 0.3) is 11.1 Å². The molecule has 0 aromatic heterocycles. The Morgan fingerprint density at radius 2 is 1.96 bits per heavy atom. The van der Waals surface area contributed by atoms with E-state index >= 15 is 0 Å². The van der Waals surface area contributed by atoms with Crippen LogP contribution in [0.3, 0.4) is 0 Å². The molecule has 1 amide bonds. The second-order valence-electron chi connectivity index (χ2n) is 6.44. The van der Waals surface area contributed by atoms with Crippen LogP contribution in [0.4, 0.5) is 13.2 Å². The Hall–Kier alpha value is -3.16. The van der Waals surface area contributed by atoms with Gasteiger partial charge >= 0.3 is 6.55 Å². The third kappa shape index (κ3) is 4.21. The number of hydrogen-bond acceptors (Lipinski definition) is 2. The summed E-state index contributed by atoms with van der Waals surface area (Å²) < 4.78 is 39.2. The van der Waals surface area contributed by atoms with Gasteiger partial charge < -0.3 is 5.32 Å². The van der Waals surface area contributed by atoms with E-state index in [1.54, 1.807) is 30.3 Å². The fraction of sp³-hybridized carbons (Fsp3) is 0.250. The molecule has 1 N–H and O–H groups in total. The molecular weight excluding hydrogens is 371 g/mol. The zero-order valence-electron chi connectivity index (χ0n) is 14.9. The summed E-state index contributed by atoms with van der Waals surface area (Å²) in [4.78, 5) is 24.1. The molecule has 1 aliphatic rings. The second kappa shape index (κ2) is 8.24. The summed E-state index contributed by atoms with van der Waals surface area (Å²) in [6.07, 6.45) is 1.39. The minimum Gasteiger partial charge on any atom is -0.348 e. The summed E-state index contributed by atoms with van der Waals surface area (Å²) in [5, 5.41) is 3.13. The Labute approximate surface area is 160 Å². The van der Waals surface area contributed by atoms with Crippen LogP contribution in [0.15, 0.2) is 55.1 Å². The van der Waals surface area contributed by atoms with Crippen molar-refractivity contribution in [3.8, 4) is 11.1 Å². The molecule has 0 spiro atoms. The van der Waals surface area contributed by atoms with Crippen molar-refractivity contribution < 1.29 is 22.8 Å². The van der Waals surface area contributed by atoms with Crippen LogP contribution in [0.5, 0.6) is 0 Å². The summed E-state index contributed by atoms with van der Waals surface area (Å²) >= 11 is 0. The smallest absolute Gasteiger partial charge is 0.348 e. The van der Waals surface area contributed by atoms with Crippen LogP contribution in [-0.4, -0.2) is 28.9 Å². The number of amides is 1. The lowest BCUT2D eigenvalue weighted by Crippen LogP contribution is -2.32. The molecule has 1 aliphatic heterocycles. The summed E-state index contributed by atoms with van der Waals surface area (Å²) in [7, 11) is 0. The van der Waals surface area contributed by atoms with Gasteiger partial charge in [-0.25, -0.2) is 4.39 Å². The Balaban J connectivity index is 1.97. The molecule has 1 atom stereocenters. The van der Waals surface area contributed by atoms with Crippen molar-refractivity contribution in [2.45, 2.75) is 25.6 Å². The Morgan fingerprint density at radius 1 is 1.25 bits per heavy atom. The quantitative estimate of drug-likeness (QED) is 0.462. The fourth-order valence-corrected chi connectivity index (χ4v) is 3.20. The number of halogens is 3. The average molecular weight is 390 g/mol. The Kier molecular flexibility index (Phi) is 5.77. The Morgan fingerprint density at radius 3 is 2.57 bits per heavy atom. The largest absolute Gasteiger partial charge is 0.362 e. The van der Waals surface area contributed by atoms with Crippen molar-refractivity contribution in [3.63, 3.8) is 0 Å². The van der Waals surface area contributed by atoms with Crippen molar-refractivity contribution in [2.75, 3.05) is 6.54 Å². The van der Waals surface area contributed by atoms with Gasteiger partial charge in [-0.1, -0.05) is 23.7 Å². The highest BCUT2D eigenvalue weighted by Gasteiger charge is 2.45. The highest BCUT2D eigenvalue weighted by atomic mass is 19.3. The highest BCUT2D eigenvalue weighted by Crippen LogP contribution is 2.33. The molecule has 0 aliphatic carbocycles. The van der Waals surface area contributed by atoms with E-state index in [9.17, 15) is 22.9 Å². The lowest BCUT2D eigenvalue weighted by atomic mass is 9.95. The van der Waals surface area contributed by atoms with Gasteiger partial charge in [-0.3, -0.25) is 4.79 Å². The van der Waals surface area contributed by atoms with E-state index in [4.69, 9.17) is 0 Å². The zero-order chi connectivity index (χ0) is 20.3. The van der Waals surface area contributed by atoms with E-state index in [2.05, 4.69) is 11.9 Å². The van der Waals surface area contributed by atoms with E-state index in [1.807, 2.05) is 0 Å². The van der Waals surface area contributed by atoms with E-state index < -0.39 is 12.6 Å². The monoisotopic (exact) mass is 390 g/mol. The summed E-state index contributed by atoms with van der Waals surface area (Å²) in [6.45, 7) is 0.654. The van der Waals surface area contributed by atoms with Gasteiger partial charge in [-0.05, 0) is 53.1 Å². The molecule has 28 heavy (non-hydrogen) atoms. The third-order valence-electron chi connectivity index (χ3n) is 4.61. The van der Waals surface area contributed by atoms with E-state index in [1.165, 1.54) is 12.1 Å². The Bertz CT molecular complexity index is 900. The molecule has 3 rings (SSSR count). The lowest BCUT2D eigenvalue weighted by Gasteiger charge is -2.12. The molecule has 5 nitrogen and oxygen atoms in total. The van der Waals surface area contributed by atoms with E-state index in [0.717, 1.165) is 6.08 Å². The summed E-state index contributed by atoms with van der Waals surface area (Å²) in [6, 6.07) is 10.3. The van der Waals surface area contributed by atoms with E-state index in [-0.39, 0.29) is 31.2 Å². The van der Waals surface area contributed by atoms with Gasteiger partial charge in [0.25, 0.3) is 6.04 Å². The molecule has 1 unspecified atom stereocenters. The first-order chi connectivity index (χ1) is 13.4. The molecule has 8 heteroatoms. The van der Waals surface area contributed by atoms with Gasteiger partial charge in [-0.15, -0.1) is 0 Å². The predicted octanol–water partition coefficient (Wildman–Crippen LogP) is 3.96. The van der Waals surface area contributed by atoms with Crippen molar-refractivity contribution >= 4 is 5.91 Å². The van der Waals surface area contributed by atoms with Crippen LogP contribution < -0.4 is 5.32 Å². The standard InChI is InChI=1S/C20H18F3N3O2/c1-2-19(27)24-12-13-9-15(14-3-5-17(21)6-4-14)11-16(10-13)18-7-8-25(20(22)23)26(18)28/h2-6,9-11,18,20H,1,7-8,12H2/p+1. The summed E-state index contributed by atoms with van der Waals surface area (Å²) in [5.41, 5.74) is 2.66.